The van der Waals surface area contributed by atoms with Gasteiger partial charge in [0.15, 0.2) is 0 Å². The zero-order chi connectivity index (χ0) is 42.7. The van der Waals surface area contributed by atoms with Crippen LogP contribution in [0.5, 0.6) is 0 Å². The summed E-state index contributed by atoms with van der Waals surface area (Å²) in [6, 6.07) is 83.4. The summed E-state index contributed by atoms with van der Waals surface area (Å²) in [5.41, 5.74) is 16.5. The summed E-state index contributed by atoms with van der Waals surface area (Å²) in [4.78, 5) is 4.61. The first kappa shape index (κ1) is 37.4. The predicted octanol–water partition coefficient (Wildman–Crippen LogP) is 16.4. The van der Waals surface area contributed by atoms with Crippen LogP contribution in [0.4, 0.5) is 34.1 Å². The summed E-state index contributed by atoms with van der Waals surface area (Å²) in [5.74, 6) is 0. The minimum absolute atomic E-state index is 1.12. The van der Waals surface area contributed by atoms with E-state index in [-0.39, 0.29) is 0 Å². The molecule has 0 unspecified atom stereocenters. The second-order valence-corrected chi connectivity index (χ2v) is 16.7. The molecule has 0 spiro atoms. The first-order chi connectivity index (χ1) is 31.6. The van der Waals surface area contributed by atoms with Gasteiger partial charge in [-0.1, -0.05) is 133 Å². The van der Waals surface area contributed by atoms with Crippen molar-refractivity contribution in [2.75, 3.05) is 9.80 Å². The molecule has 0 N–H and O–H groups in total. The maximum absolute atomic E-state index is 2.36. The molecular weight excluding hydrogens is 777 g/mol. The SMILES string of the molecule is Cn1c2cc(-c3ccc(N(c4ccccc4)c4ccccc4)cc3)ccc2c2c3ccc4c(c3ccc21)c1ccc(-c2ccc(N(c3ccccc3)c3ccccc3)cc2)cc1n4C. The van der Waals surface area contributed by atoms with Crippen molar-refractivity contribution in [2.24, 2.45) is 14.1 Å². The van der Waals surface area contributed by atoms with E-state index in [0.29, 0.717) is 0 Å². The lowest BCUT2D eigenvalue weighted by molar-refractivity contribution is 1.01. The van der Waals surface area contributed by atoms with E-state index in [1.165, 1.54) is 76.6 Å². The van der Waals surface area contributed by atoms with Crippen molar-refractivity contribution in [1.82, 2.24) is 9.13 Å². The lowest BCUT2D eigenvalue weighted by Crippen LogP contribution is -2.09. The molecule has 0 aliphatic rings. The number of aromatic nitrogens is 2. The van der Waals surface area contributed by atoms with Gasteiger partial charge >= 0.3 is 0 Å². The molecule has 12 aromatic rings. The van der Waals surface area contributed by atoms with Gasteiger partial charge in [0.05, 0.1) is 0 Å². The molecule has 2 aromatic heterocycles. The summed E-state index contributed by atoms with van der Waals surface area (Å²) < 4.78 is 4.72. The van der Waals surface area contributed by atoms with Crippen LogP contribution in [-0.4, -0.2) is 9.13 Å². The van der Waals surface area contributed by atoms with Crippen LogP contribution in [0.15, 0.2) is 231 Å². The molecule has 10 aromatic carbocycles. The van der Waals surface area contributed by atoms with Gasteiger partial charge in [-0.15, -0.1) is 0 Å². The van der Waals surface area contributed by atoms with Crippen molar-refractivity contribution in [3.05, 3.63) is 231 Å². The Morgan fingerprint density at radius 1 is 0.250 bits per heavy atom. The third-order valence-corrected chi connectivity index (χ3v) is 13.1. The first-order valence-electron chi connectivity index (χ1n) is 22.0. The van der Waals surface area contributed by atoms with E-state index in [4.69, 9.17) is 0 Å². The van der Waals surface area contributed by atoms with Crippen molar-refractivity contribution < 1.29 is 0 Å². The number of hydrogen-bond donors (Lipinski definition) is 0. The van der Waals surface area contributed by atoms with Gasteiger partial charge in [0, 0.05) is 91.8 Å². The Bertz CT molecular complexity index is 3320. The number of para-hydroxylation sites is 4. The number of rotatable bonds is 8. The van der Waals surface area contributed by atoms with Gasteiger partial charge < -0.3 is 18.9 Å². The van der Waals surface area contributed by atoms with Gasteiger partial charge in [0.1, 0.15) is 0 Å². The molecule has 0 aliphatic carbocycles. The van der Waals surface area contributed by atoms with Crippen LogP contribution in [-0.2, 0) is 14.1 Å². The molecule has 304 valence electrons. The normalized spacial score (nSPS) is 11.6. The monoisotopic (exact) mass is 820 g/mol. The zero-order valence-electron chi connectivity index (χ0n) is 35.7. The zero-order valence-corrected chi connectivity index (χ0v) is 35.7. The van der Waals surface area contributed by atoms with Gasteiger partial charge in [0.2, 0.25) is 0 Å². The Hall–Kier alpha value is -8.34. The van der Waals surface area contributed by atoms with E-state index in [2.05, 4.69) is 264 Å². The van der Waals surface area contributed by atoms with Crippen molar-refractivity contribution in [3.63, 3.8) is 0 Å². The summed E-state index contributed by atoms with van der Waals surface area (Å²) in [6.07, 6.45) is 0. The average Bonchev–Trinajstić information content (AvgIpc) is 3.82. The van der Waals surface area contributed by atoms with Crippen LogP contribution in [0, 0.1) is 0 Å². The summed E-state index contributed by atoms with van der Waals surface area (Å²) >= 11 is 0. The van der Waals surface area contributed by atoms with Crippen LogP contribution in [0.1, 0.15) is 0 Å². The maximum Gasteiger partial charge on any atom is 0.0495 e. The second-order valence-electron chi connectivity index (χ2n) is 16.7. The minimum atomic E-state index is 1.12. The molecule has 0 atom stereocenters. The van der Waals surface area contributed by atoms with Gasteiger partial charge in [0.25, 0.3) is 0 Å². The highest BCUT2D eigenvalue weighted by Crippen LogP contribution is 2.43. The average molecular weight is 821 g/mol. The highest BCUT2D eigenvalue weighted by atomic mass is 15.1. The molecular formula is C60H44N4. The lowest BCUT2D eigenvalue weighted by Gasteiger charge is -2.25. The molecule has 12 rings (SSSR count). The van der Waals surface area contributed by atoms with Crippen LogP contribution < -0.4 is 9.80 Å². The van der Waals surface area contributed by atoms with Crippen molar-refractivity contribution in [2.45, 2.75) is 0 Å². The molecule has 0 bridgehead atoms. The standard InChI is InChI=1S/C60H44N4/c1-61-55-37-35-52-51(59(55)53-33-27-43(39-57(53)61)41-23-29-49(30-24-41)63(45-15-7-3-8-16-45)46-17-9-4-10-18-46)36-38-56-60(52)54-34-28-44(40-58(54)62(56)2)42-25-31-50(32-26-42)64(47-19-11-5-12-20-47)48-21-13-6-14-22-48/h3-40H,1-2H3. The minimum Gasteiger partial charge on any atom is -0.344 e. The molecule has 4 nitrogen and oxygen atoms in total. The number of fused-ring (bicyclic) bond motifs is 9. The van der Waals surface area contributed by atoms with E-state index >= 15 is 0 Å². The second kappa shape index (κ2) is 15.2. The molecule has 0 amide bonds. The molecule has 64 heavy (non-hydrogen) atoms. The number of anilines is 6. The van der Waals surface area contributed by atoms with E-state index in [1.807, 2.05) is 0 Å². The smallest absolute Gasteiger partial charge is 0.0495 e. The third kappa shape index (κ3) is 6.14. The van der Waals surface area contributed by atoms with Crippen molar-refractivity contribution in [1.29, 1.82) is 0 Å². The third-order valence-electron chi connectivity index (χ3n) is 13.1. The summed E-state index contributed by atoms with van der Waals surface area (Å²) in [7, 11) is 4.40. The van der Waals surface area contributed by atoms with E-state index in [1.54, 1.807) is 0 Å². The van der Waals surface area contributed by atoms with Crippen LogP contribution in [0.2, 0.25) is 0 Å². The summed E-state index contributed by atoms with van der Waals surface area (Å²) in [6.45, 7) is 0. The Balaban J connectivity index is 0.903. The Kier molecular flexibility index (Phi) is 8.91. The summed E-state index contributed by atoms with van der Waals surface area (Å²) in [5, 5.41) is 7.70. The lowest BCUT2D eigenvalue weighted by atomic mass is 9.97. The van der Waals surface area contributed by atoms with E-state index < -0.39 is 0 Å². The molecule has 4 heteroatoms. The molecule has 0 radical (unpaired) electrons. The highest BCUT2D eigenvalue weighted by Gasteiger charge is 2.19. The number of aryl methyl sites for hydroxylation is 2. The van der Waals surface area contributed by atoms with E-state index in [0.717, 1.165) is 34.1 Å². The van der Waals surface area contributed by atoms with Crippen molar-refractivity contribution >= 4 is 88.5 Å². The number of hydrogen-bond acceptors (Lipinski definition) is 2. The Labute approximate surface area is 372 Å². The highest BCUT2D eigenvalue weighted by molar-refractivity contribution is 6.29. The topological polar surface area (TPSA) is 16.3 Å². The van der Waals surface area contributed by atoms with Crippen molar-refractivity contribution in [3.8, 4) is 22.3 Å². The van der Waals surface area contributed by atoms with E-state index in [9.17, 15) is 0 Å². The van der Waals surface area contributed by atoms with Crippen LogP contribution in [0.3, 0.4) is 0 Å². The fourth-order valence-corrected chi connectivity index (χ4v) is 9.98. The Morgan fingerprint density at radius 2 is 0.531 bits per heavy atom. The fourth-order valence-electron chi connectivity index (χ4n) is 9.98. The molecule has 0 saturated carbocycles. The molecule has 0 fully saturated rings. The maximum atomic E-state index is 2.36. The van der Waals surface area contributed by atoms with Gasteiger partial charge in [-0.25, -0.2) is 0 Å². The Morgan fingerprint density at radius 3 is 0.859 bits per heavy atom. The molecule has 0 aliphatic heterocycles. The van der Waals surface area contributed by atoms with Crippen LogP contribution >= 0.6 is 0 Å². The van der Waals surface area contributed by atoms with Crippen LogP contribution in [0.25, 0.3) is 76.6 Å². The predicted molar refractivity (Wildman–Crippen MR) is 272 cm³/mol. The fraction of sp³-hybridized carbons (Fsp3) is 0.0333. The number of nitrogens with zero attached hydrogens (tertiary/aromatic N) is 4. The number of benzene rings is 10. The van der Waals surface area contributed by atoms with Gasteiger partial charge in [-0.05, 0) is 130 Å². The largest absolute Gasteiger partial charge is 0.344 e. The van der Waals surface area contributed by atoms with Gasteiger partial charge in [-0.3, -0.25) is 0 Å². The first-order valence-corrected chi connectivity index (χ1v) is 22.0. The molecule has 0 saturated heterocycles. The molecule has 2 heterocycles. The quantitative estimate of drug-likeness (QED) is 0.152. The van der Waals surface area contributed by atoms with Gasteiger partial charge in [-0.2, -0.15) is 0 Å².